The van der Waals surface area contributed by atoms with E-state index in [4.69, 9.17) is 0 Å². The molecule has 1 heterocycles. The molecule has 19 heavy (non-hydrogen) atoms. The first-order chi connectivity index (χ1) is 9.28. The van der Waals surface area contributed by atoms with Crippen LogP contribution in [0.2, 0.25) is 0 Å². The molecule has 1 aromatic heterocycles. The van der Waals surface area contributed by atoms with Crippen molar-refractivity contribution in [2.45, 2.75) is 37.5 Å². The Morgan fingerprint density at radius 3 is 3.00 bits per heavy atom. The van der Waals surface area contributed by atoms with Gasteiger partial charge in [-0.05, 0) is 37.6 Å². The first-order valence-electron chi connectivity index (χ1n) is 6.61. The van der Waals surface area contributed by atoms with Gasteiger partial charge in [0.1, 0.15) is 0 Å². The van der Waals surface area contributed by atoms with Gasteiger partial charge in [-0.2, -0.15) is 0 Å². The lowest BCUT2D eigenvalue weighted by atomic mass is 10.2. The van der Waals surface area contributed by atoms with E-state index in [-0.39, 0.29) is 0 Å². The Kier molecular flexibility index (Phi) is 5.89. The van der Waals surface area contributed by atoms with Crippen LogP contribution in [0.5, 0.6) is 0 Å². The van der Waals surface area contributed by atoms with Gasteiger partial charge in [0.15, 0.2) is 0 Å². The molecule has 2 rings (SSSR count). The average molecular weight is 292 g/mol. The monoisotopic (exact) mass is 292 g/mol. The van der Waals surface area contributed by atoms with Crippen molar-refractivity contribution in [2.75, 3.05) is 6.54 Å². The van der Waals surface area contributed by atoms with Crippen molar-refractivity contribution in [3.8, 4) is 0 Å². The lowest BCUT2D eigenvalue weighted by Gasteiger charge is -2.05. The van der Waals surface area contributed by atoms with E-state index in [1.807, 2.05) is 18.0 Å². The lowest BCUT2D eigenvalue weighted by Crippen LogP contribution is -2.13. The Bertz CT molecular complexity index is 508. The van der Waals surface area contributed by atoms with Gasteiger partial charge in [-0.3, -0.25) is 0 Å². The van der Waals surface area contributed by atoms with E-state index in [1.54, 1.807) is 11.3 Å². The molecule has 0 unspecified atom stereocenters. The fourth-order valence-electron chi connectivity index (χ4n) is 1.78. The number of thioether (sulfide) groups is 1. The first kappa shape index (κ1) is 14.6. The van der Waals surface area contributed by atoms with Gasteiger partial charge < -0.3 is 5.32 Å². The third-order valence-corrected chi connectivity index (χ3v) is 4.84. The van der Waals surface area contributed by atoms with Gasteiger partial charge in [0.2, 0.25) is 0 Å². The fraction of sp³-hybridized carbons (Fsp3) is 0.400. The Balaban J connectivity index is 1.87. The van der Waals surface area contributed by atoms with Gasteiger partial charge in [0.05, 0.1) is 5.01 Å². The SMILES string of the molecule is CCCNCc1cccc(SCc2cnc(C)s2)c1. The van der Waals surface area contributed by atoms with Crippen LogP contribution >= 0.6 is 23.1 Å². The summed E-state index contributed by atoms with van der Waals surface area (Å²) in [5.74, 6) is 1.01. The molecule has 0 spiro atoms. The molecule has 0 amide bonds. The van der Waals surface area contributed by atoms with Crippen LogP contribution < -0.4 is 5.32 Å². The number of hydrogen-bond acceptors (Lipinski definition) is 4. The highest BCUT2D eigenvalue weighted by atomic mass is 32.2. The van der Waals surface area contributed by atoms with E-state index in [1.165, 1.54) is 21.8 Å². The maximum Gasteiger partial charge on any atom is 0.0897 e. The molecule has 0 saturated heterocycles. The van der Waals surface area contributed by atoms with Crippen LogP contribution in [0.25, 0.3) is 0 Å². The standard InChI is InChI=1S/C15H20N2S2/c1-3-7-16-9-13-5-4-6-14(8-13)18-11-15-10-17-12(2)19-15/h4-6,8,10,16H,3,7,9,11H2,1-2H3. The minimum atomic E-state index is 0.960. The van der Waals surface area contributed by atoms with Crippen molar-refractivity contribution in [2.24, 2.45) is 0 Å². The molecular weight excluding hydrogens is 272 g/mol. The van der Waals surface area contributed by atoms with Crippen LogP contribution in [0.4, 0.5) is 0 Å². The topological polar surface area (TPSA) is 24.9 Å². The van der Waals surface area contributed by atoms with E-state index in [9.17, 15) is 0 Å². The molecule has 102 valence electrons. The second kappa shape index (κ2) is 7.68. The van der Waals surface area contributed by atoms with Gasteiger partial charge >= 0.3 is 0 Å². The molecule has 2 aromatic rings. The smallest absolute Gasteiger partial charge is 0.0897 e. The molecule has 0 saturated carbocycles. The van der Waals surface area contributed by atoms with Gasteiger partial charge in [-0.15, -0.1) is 23.1 Å². The molecular formula is C15H20N2S2. The van der Waals surface area contributed by atoms with Gasteiger partial charge in [0.25, 0.3) is 0 Å². The Labute approximate surface area is 123 Å². The van der Waals surface area contributed by atoms with Crippen molar-refractivity contribution >= 4 is 23.1 Å². The molecule has 0 atom stereocenters. The van der Waals surface area contributed by atoms with Crippen molar-refractivity contribution in [3.05, 3.63) is 45.9 Å². The summed E-state index contributed by atoms with van der Waals surface area (Å²) >= 11 is 3.67. The molecule has 2 nitrogen and oxygen atoms in total. The summed E-state index contributed by atoms with van der Waals surface area (Å²) in [6.07, 6.45) is 3.17. The molecule has 1 aromatic carbocycles. The van der Waals surface area contributed by atoms with Crippen molar-refractivity contribution in [1.82, 2.24) is 10.3 Å². The first-order valence-corrected chi connectivity index (χ1v) is 8.42. The summed E-state index contributed by atoms with van der Waals surface area (Å²) in [6.45, 7) is 6.29. The summed E-state index contributed by atoms with van der Waals surface area (Å²) in [5.41, 5.74) is 1.36. The van der Waals surface area contributed by atoms with Crippen LogP contribution in [-0.4, -0.2) is 11.5 Å². The number of aryl methyl sites for hydroxylation is 1. The molecule has 0 aliphatic heterocycles. The Hall–Kier alpha value is -0.840. The average Bonchev–Trinajstić information content (AvgIpc) is 2.83. The zero-order valence-electron chi connectivity index (χ0n) is 11.5. The van der Waals surface area contributed by atoms with Gasteiger partial charge in [0, 0.05) is 28.3 Å². The van der Waals surface area contributed by atoms with E-state index < -0.39 is 0 Å². The number of thiazole rings is 1. The molecule has 0 fully saturated rings. The third-order valence-electron chi connectivity index (χ3n) is 2.70. The van der Waals surface area contributed by atoms with Crippen molar-refractivity contribution in [3.63, 3.8) is 0 Å². The van der Waals surface area contributed by atoms with E-state index in [0.29, 0.717) is 0 Å². The second-order valence-corrected chi connectivity index (χ2v) is 6.83. The zero-order chi connectivity index (χ0) is 13.5. The third kappa shape index (κ3) is 4.97. The maximum absolute atomic E-state index is 4.29. The molecule has 4 heteroatoms. The number of benzene rings is 1. The maximum atomic E-state index is 4.29. The minimum absolute atomic E-state index is 0.960. The number of nitrogens with zero attached hydrogens (tertiary/aromatic N) is 1. The highest BCUT2D eigenvalue weighted by molar-refractivity contribution is 7.98. The van der Waals surface area contributed by atoms with Gasteiger partial charge in [-0.25, -0.2) is 4.98 Å². The number of rotatable bonds is 7. The number of aromatic nitrogens is 1. The van der Waals surface area contributed by atoms with Crippen molar-refractivity contribution < 1.29 is 0 Å². The predicted octanol–water partition coefficient (Wildman–Crippen LogP) is 4.24. The summed E-state index contributed by atoms with van der Waals surface area (Å²) < 4.78 is 0. The summed E-state index contributed by atoms with van der Waals surface area (Å²) in [4.78, 5) is 6.97. The van der Waals surface area contributed by atoms with Crippen LogP contribution in [0.15, 0.2) is 35.4 Å². The summed E-state index contributed by atoms with van der Waals surface area (Å²) in [6, 6.07) is 8.79. The van der Waals surface area contributed by atoms with E-state index in [0.717, 1.165) is 23.8 Å². The minimum Gasteiger partial charge on any atom is -0.313 e. The largest absolute Gasteiger partial charge is 0.313 e. The highest BCUT2D eigenvalue weighted by Gasteiger charge is 2.01. The lowest BCUT2D eigenvalue weighted by molar-refractivity contribution is 0.674. The highest BCUT2D eigenvalue weighted by Crippen LogP contribution is 2.26. The van der Waals surface area contributed by atoms with Crippen LogP contribution in [-0.2, 0) is 12.3 Å². The fourth-order valence-corrected chi connectivity index (χ4v) is 3.58. The molecule has 0 aliphatic rings. The van der Waals surface area contributed by atoms with E-state index >= 15 is 0 Å². The Morgan fingerprint density at radius 2 is 2.26 bits per heavy atom. The van der Waals surface area contributed by atoms with Crippen molar-refractivity contribution in [1.29, 1.82) is 0 Å². The van der Waals surface area contributed by atoms with Gasteiger partial charge in [-0.1, -0.05) is 19.1 Å². The second-order valence-electron chi connectivity index (χ2n) is 4.46. The van der Waals surface area contributed by atoms with Crippen LogP contribution in [0, 0.1) is 6.92 Å². The Morgan fingerprint density at radius 1 is 1.37 bits per heavy atom. The van der Waals surface area contributed by atoms with Crippen LogP contribution in [0.1, 0.15) is 28.8 Å². The quantitative estimate of drug-likeness (QED) is 0.610. The molecule has 1 N–H and O–H groups in total. The summed E-state index contributed by atoms with van der Waals surface area (Å²) in [5, 5.41) is 4.58. The molecule has 0 aliphatic carbocycles. The van der Waals surface area contributed by atoms with E-state index in [2.05, 4.69) is 48.4 Å². The summed E-state index contributed by atoms with van der Waals surface area (Å²) in [7, 11) is 0. The molecule has 0 bridgehead atoms. The number of hydrogen-bond donors (Lipinski definition) is 1. The zero-order valence-corrected chi connectivity index (χ0v) is 13.1. The predicted molar refractivity (Wildman–Crippen MR) is 84.9 cm³/mol. The van der Waals surface area contributed by atoms with Crippen LogP contribution in [0.3, 0.4) is 0 Å². The normalized spacial score (nSPS) is 10.8. The molecule has 0 radical (unpaired) electrons. The number of nitrogens with one attached hydrogen (secondary N) is 1.